The number of thioether (sulfide) groups is 1. The van der Waals surface area contributed by atoms with Crippen LogP contribution in [0.3, 0.4) is 0 Å². The minimum Gasteiger partial charge on any atom is -0.349 e. The van der Waals surface area contributed by atoms with Crippen molar-refractivity contribution in [1.82, 2.24) is 20.1 Å². The Labute approximate surface area is 165 Å². The molecule has 146 valence electrons. The second-order valence-corrected chi connectivity index (χ2v) is 8.60. The smallest absolute Gasteiger partial charge is 0.317 e. The van der Waals surface area contributed by atoms with E-state index in [-0.39, 0.29) is 12.1 Å². The summed E-state index contributed by atoms with van der Waals surface area (Å²) in [7, 11) is 2.21. The van der Waals surface area contributed by atoms with Gasteiger partial charge in [-0.25, -0.2) is 4.79 Å². The number of aromatic amines is 1. The predicted octanol–water partition coefficient (Wildman–Crippen LogP) is 3.65. The van der Waals surface area contributed by atoms with Crippen molar-refractivity contribution in [2.45, 2.75) is 49.7 Å². The number of amides is 2. The summed E-state index contributed by atoms with van der Waals surface area (Å²) < 4.78 is 0. The molecule has 3 atom stereocenters. The van der Waals surface area contributed by atoms with Crippen molar-refractivity contribution in [1.29, 1.82) is 0 Å². The third-order valence-corrected chi connectivity index (χ3v) is 7.15. The fraction of sp³-hybridized carbons (Fsp3) is 0.571. The number of nitrogens with one attached hydrogen (secondary N) is 2. The molecule has 2 N–H and O–H groups in total. The highest BCUT2D eigenvalue weighted by atomic mass is 32.2. The number of fused-ring (bicyclic) bond motifs is 2. The Hall–Kier alpha value is -1.66. The van der Waals surface area contributed by atoms with Gasteiger partial charge >= 0.3 is 6.03 Å². The van der Waals surface area contributed by atoms with E-state index >= 15 is 0 Å². The Kier molecular flexibility index (Phi) is 5.12. The number of rotatable bonds is 4. The largest absolute Gasteiger partial charge is 0.349 e. The van der Waals surface area contributed by atoms with Crippen LogP contribution in [-0.4, -0.2) is 65.8 Å². The van der Waals surface area contributed by atoms with E-state index in [0.29, 0.717) is 12.0 Å². The van der Waals surface area contributed by atoms with E-state index < -0.39 is 0 Å². The molecule has 1 aliphatic carbocycles. The van der Waals surface area contributed by atoms with Gasteiger partial charge in [0.2, 0.25) is 0 Å². The number of H-pyrrole nitrogens is 1. The number of hydrogen-bond donors (Lipinski definition) is 2. The maximum absolute atomic E-state index is 12.6. The zero-order chi connectivity index (χ0) is 19.1. The molecule has 1 saturated heterocycles. The topological polar surface area (TPSA) is 51.4 Å². The number of hydrogen-bond acceptors (Lipinski definition) is 3. The second-order valence-electron chi connectivity index (χ2n) is 7.78. The fourth-order valence-corrected chi connectivity index (χ4v) is 5.70. The summed E-state index contributed by atoms with van der Waals surface area (Å²) in [5.41, 5.74) is 4.18. The summed E-state index contributed by atoms with van der Waals surface area (Å²) in [5.74, 6) is 0.465. The number of benzene rings is 1. The molecule has 2 heterocycles. The van der Waals surface area contributed by atoms with E-state index in [2.05, 4.69) is 46.7 Å². The molecule has 0 spiro atoms. The first-order chi connectivity index (χ1) is 13.1. The Morgan fingerprint density at radius 3 is 2.85 bits per heavy atom. The molecule has 4 rings (SSSR count). The molecule has 1 aromatic heterocycles. The average molecular weight is 387 g/mol. The molecule has 1 fully saturated rings. The maximum Gasteiger partial charge on any atom is 0.317 e. The first kappa shape index (κ1) is 18.7. The van der Waals surface area contributed by atoms with Gasteiger partial charge in [-0.1, -0.05) is 12.1 Å². The zero-order valence-corrected chi connectivity index (χ0v) is 17.5. The summed E-state index contributed by atoms with van der Waals surface area (Å²) >= 11 is 1.81. The van der Waals surface area contributed by atoms with Crippen molar-refractivity contribution in [2.24, 2.45) is 0 Å². The number of likely N-dealkylation sites (N-methyl/N-ethyl adjacent to an activating group) is 1. The summed E-state index contributed by atoms with van der Waals surface area (Å²) in [6, 6.07) is 7.42. The number of likely N-dealkylation sites (tertiary alicyclic amines) is 1. The summed E-state index contributed by atoms with van der Waals surface area (Å²) in [6.45, 7) is 6.48. The van der Waals surface area contributed by atoms with Crippen LogP contribution in [0.4, 0.5) is 4.79 Å². The predicted molar refractivity (Wildman–Crippen MR) is 113 cm³/mol. The van der Waals surface area contributed by atoms with E-state index in [9.17, 15) is 4.79 Å². The molecule has 2 aliphatic rings. The van der Waals surface area contributed by atoms with Gasteiger partial charge in [-0.05, 0) is 57.2 Å². The first-order valence-electron chi connectivity index (χ1n) is 10.00. The van der Waals surface area contributed by atoms with Gasteiger partial charge in [0, 0.05) is 48.5 Å². The molecule has 2 aromatic rings. The van der Waals surface area contributed by atoms with E-state index in [1.807, 2.05) is 30.5 Å². The molecular weight excluding hydrogens is 356 g/mol. The highest BCUT2D eigenvalue weighted by Crippen LogP contribution is 2.45. The lowest BCUT2D eigenvalue weighted by atomic mass is 9.74. The maximum atomic E-state index is 12.6. The molecule has 6 heteroatoms. The van der Waals surface area contributed by atoms with E-state index in [4.69, 9.17) is 0 Å². The van der Waals surface area contributed by atoms with Crippen molar-refractivity contribution < 1.29 is 4.79 Å². The van der Waals surface area contributed by atoms with Gasteiger partial charge in [0.15, 0.2) is 0 Å². The molecule has 5 nitrogen and oxygen atoms in total. The zero-order valence-electron chi connectivity index (χ0n) is 16.7. The molecule has 0 saturated carbocycles. The van der Waals surface area contributed by atoms with Crippen LogP contribution >= 0.6 is 11.8 Å². The summed E-state index contributed by atoms with van der Waals surface area (Å²) in [6.07, 6.45) is 4.25. The number of urea groups is 1. The third kappa shape index (κ3) is 3.13. The van der Waals surface area contributed by atoms with Crippen molar-refractivity contribution in [3.8, 4) is 0 Å². The minimum absolute atomic E-state index is 0.0675. The molecule has 1 aliphatic heterocycles. The van der Waals surface area contributed by atoms with Crippen LogP contribution in [-0.2, 0) is 6.42 Å². The Bertz CT molecular complexity index is 844. The molecule has 1 unspecified atom stereocenters. The molecule has 0 bridgehead atoms. The van der Waals surface area contributed by atoms with Crippen LogP contribution in [0, 0.1) is 0 Å². The molecule has 1 aromatic carbocycles. The Morgan fingerprint density at radius 1 is 1.37 bits per heavy atom. The monoisotopic (exact) mass is 386 g/mol. The van der Waals surface area contributed by atoms with E-state index in [1.165, 1.54) is 27.1 Å². The molecule has 0 radical (unpaired) electrons. The Balaban J connectivity index is 1.64. The van der Waals surface area contributed by atoms with Crippen LogP contribution in [0.2, 0.25) is 0 Å². The number of nitrogens with zero attached hydrogens (tertiary/aromatic N) is 2. The fourth-order valence-electron chi connectivity index (χ4n) is 5.05. The van der Waals surface area contributed by atoms with Gasteiger partial charge in [-0.3, -0.25) is 0 Å². The van der Waals surface area contributed by atoms with Gasteiger partial charge < -0.3 is 20.1 Å². The Morgan fingerprint density at radius 2 is 2.15 bits per heavy atom. The van der Waals surface area contributed by atoms with Crippen LogP contribution < -0.4 is 5.32 Å². The van der Waals surface area contributed by atoms with Gasteiger partial charge in [-0.2, -0.15) is 0 Å². The quantitative estimate of drug-likeness (QED) is 0.789. The van der Waals surface area contributed by atoms with Crippen molar-refractivity contribution >= 4 is 28.7 Å². The number of piperidine rings is 1. The highest BCUT2D eigenvalue weighted by molar-refractivity contribution is 7.98. The molecule has 27 heavy (non-hydrogen) atoms. The van der Waals surface area contributed by atoms with Crippen LogP contribution in [0.5, 0.6) is 0 Å². The van der Waals surface area contributed by atoms with E-state index in [1.54, 1.807) is 0 Å². The van der Waals surface area contributed by atoms with Crippen molar-refractivity contribution in [2.75, 3.05) is 32.9 Å². The second kappa shape index (κ2) is 7.40. The molecule has 2 amide bonds. The van der Waals surface area contributed by atoms with Crippen molar-refractivity contribution in [3.63, 3.8) is 0 Å². The van der Waals surface area contributed by atoms with Gasteiger partial charge in [0.1, 0.15) is 0 Å². The van der Waals surface area contributed by atoms with E-state index in [0.717, 1.165) is 32.5 Å². The van der Waals surface area contributed by atoms with Crippen LogP contribution in [0.1, 0.15) is 37.3 Å². The lowest BCUT2D eigenvalue weighted by Gasteiger charge is -2.46. The first-order valence-corrected chi connectivity index (χ1v) is 11.2. The lowest BCUT2D eigenvalue weighted by molar-refractivity contribution is 0.123. The van der Waals surface area contributed by atoms with Crippen LogP contribution in [0.15, 0.2) is 23.2 Å². The van der Waals surface area contributed by atoms with Gasteiger partial charge in [-0.15, -0.1) is 11.8 Å². The normalized spacial score (nSPS) is 24.7. The summed E-state index contributed by atoms with van der Waals surface area (Å²) in [4.78, 5) is 20.5. The highest BCUT2D eigenvalue weighted by Gasteiger charge is 2.40. The number of aromatic nitrogens is 1. The standard InChI is InChI=1S/C21H30N4OS/c1-5-25(6-2)21(26)22-13-10-15-14-8-7-9-17-19(14)16(20(23-17)27-4)11-18(15)24(3)12-13/h7-9,13,15,18,23H,5-6,10-12H2,1-4H3,(H,22,26)/t13-,15?,18-/m1/s1. The van der Waals surface area contributed by atoms with Gasteiger partial charge in [0.25, 0.3) is 0 Å². The summed E-state index contributed by atoms with van der Waals surface area (Å²) in [5, 5.41) is 6.02. The lowest BCUT2D eigenvalue weighted by Crippen LogP contribution is -2.56. The SMILES string of the molecule is CCN(CC)C(=O)N[C@@H]1CC2c3cccc4[nH]c(SC)c(c34)C[C@H]2N(C)C1. The number of carbonyl (C=O) groups excluding carboxylic acids is 1. The average Bonchev–Trinajstić information content (AvgIpc) is 3.03. The number of carbonyl (C=O) groups is 1. The van der Waals surface area contributed by atoms with Gasteiger partial charge in [0.05, 0.1) is 5.03 Å². The minimum atomic E-state index is 0.0675. The van der Waals surface area contributed by atoms with Crippen LogP contribution in [0.25, 0.3) is 10.9 Å². The third-order valence-electron chi connectivity index (χ3n) is 6.39. The molecular formula is C21H30N4OS. The van der Waals surface area contributed by atoms with Crippen molar-refractivity contribution in [3.05, 3.63) is 29.3 Å².